The summed E-state index contributed by atoms with van der Waals surface area (Å²) in [6.07, 6.45) is 1.02. The average Bonchev–Trinajstić information content (AvgIpc) is 3.52. The van der Waals surface area contributed by atoms with Crippen LogP contribution in [0, 0.1) is 0 Å². The third-order valence-corrected chi connectivity index (χ3v) is 6.00. The molecule has 1 saturated heterocycles. The number of nitrogens with zero attached hydrogens (tertiary/aromatic N) is 5. The van der Waals surface area contributed by atoms with E-state index in [0.717, 1.165) is 0 Å². The second-order valence-corrected chi connectivity index (χ2v) is 8.41. The van der Waals surface area contributed by atoms with Crippen LogP contribution in [-0.4, -0.2) is 72.8 Å². The maximum atomic E-state index is 13.4. The number of carbonyl (C=O) groups is 3. The van der Waals surface area contributed by atoms with E-state index >= 15 is 0 Å². The highest BCUT2D eigenvalue weighted by Crippen LogP contribution is 2.29. The molecule has 1 unspecified atom stereocenters. The predicted molar refractivity (Wildman–Crippen MR) is 128 cm³/mol. The molecule has 0 radical (unpaired) electrons. The molecule has 14 heteroatoms. The third-order valence-electron chi connectivity index (χ3n) is 6.00. The molecule has 5 rings (SSSR count). The number of rotatable bonds is 6. The summed E-state index contributed by atoms with van der Waals surface area (Å²) in [6, 6.07) is 9.10. The van der Waals surface area contributed by atoms with Crippen molar-refractivity contribution in [1.29, 1.82) is 0 Å². The molecule has 5 N–H and O–H groups in total. The van der Waals surface area contributed by atoms with Crippen molar-refractivity contribution in [1.82, 2.24) is 19.9 Å². The number of anilines is 3. The fourth-order valence-corrected chi connectivity index (χ4v) is 3.97. The summed E-state index contributed by atoms with van der Waals surface area (Å²) in [6.45, 7) is 1.48. The Morgan fingerprint density at radius 2 is 2.05 bits per heavy atom. The number of benzene rings is 1. The number of ether oxygens (including phenoxy) is 1. The molecule has 1 aromatic carbocycles. The van der Waals surface area contributed by atoms with Crippen molar-refractivity contribution in [2.24, 2.45) is 0 Å². The van der Waals surface area contributed by atoms with E-state index in [2.05, 4.69) is 20.6 Å². The third kappa shape index (κ3) is 4.23. The van der Waals surface area contributed by atoms with E-state index in [1.807, 2.05) is 0 Å². The second-order valence-electron chi connectivity index (χ2n) is 8.41. The summed E-state index contributed by atoms with van der Waals surface area (Å²) in [5.41, 5.74) is 4.69. The van der Waals surface area contributed by atoms with Crippen LogP contribution < -0.4 is 16.0 Å². The summed E-state index contributed by atoms with van der Waals surface area (Å²) in [5.74, 6) is -2.30. The minimum Gasteiger partial charge on any atom is -0.477 e. The number of amides is 2. The first-order chi connectivity index (χ1) is 17.7. The van der Waals surface area contributed by atoms with E-state index in [1.165, 1.54) is 34.8 Å². The molecule has 37 heavy (non-hydrogen) atoms. The molecule has 190 valence electrons. The number of aliphatic hydroxyl groups is 1. The number of pyridine rings is 1. The lowest BCUT2D eigenvalue weighted by Crippen LogP contribution is -2.63. The lowest BCUT2D eigenvalue weighted by Gasteiger charge is -2.40. The first kappa shape index (κ1) is 23.9. The normalized spacial score (nSPS) is 18.6. The number of hydrogen-bond donors (Lipinski definition) is 4. The van der Waals surface area contributed by atoms with Crippen molar-refractivity contribution in [2.45, 2.75) is 18.6 Å². The van der Waals surface area contributed by atoms with E-state index < -0.39 is 29.5 Å². The molecule has 0 spiro atoms. The predicted octanol–water partition coefficient (Wildman–Crippen LogP) is 0.810. The van der Waals surface area contributed by atoms with Crippen molar-refractivity contribution in [3.63, 3.8) is 0 Å². The van der Waals surface area contributed by atoms with Gasteiger partial charge in [0.05, 0.1) is 24.2 Å². The van der Waals surface area contributed by atoms with Crippen molar-refractivity contribution in [2.75, 3.05) is 29.1 Å². The van der Waals surface area contributed by atoms with Crippen LogP contribution in [0.5, 0.6) is 0 Å². The number of morpholine rings is 1. The summed E-state index contributed by atoms with van der Waals surface area (Å²) in [4.78, 5) is 42.5. The van der Waals surface area contributed by atoms with E-state index in [0.29, 0.717) is 22.3 Å². The standard InChI is InChI=1S/C23H21N7O7/c1-23(18(31)20(32)26-12-2-3-14-16(10-12)37-28-19(14)24)22(35)29(8-9-36-23)17-5-7-30(27-17)13-4-6-25-15(11-13)21(33)34/h2-7,10-11,18,31H,8-9H2,1H3,(H2,24,28)(H,26,32)(H,33,34)/t18?,23-/m1/s1. The molecule has 1 aliphatic rings. The molecule has 1 fully saturated rings. The topological polar surface area (TPSA) is 199 Å². The number of nitrogen functional groups attached to an aromatic ring is 1. The summed E-state index contributed by atoms with van der Waals surface area (Å²) in [5, 5.41) is 31.1. The summed E-state index contributed by atoms with van der Waals surface area (Å²) < 4.78 is 12.1. The van der Waals surface area contributed by atoms with Crippen LogP contribution in [0.3, 0.4) is 0 Å². The van der Waals surface area contributed by atoms with E-state index in [-0.39, 0.29) is 30.5 Å². The van der Waals surface area contributed by atoms with Crippen LogP contribution in [0.15, 0.2) is 53.3 Å². The zero-order valence-electron chi connectivity index (χ0n) is 19.4. The quantitative estimate of drug-likeness (QED) is 0.288. The molecule has 2 atom stereocenters. The molecule has 2 amide bonds. The maximum absolute atomic E-state index is 13.4. The van der Waals surface area contributed by atoms with Crippen LogP contribution in [0.2, 0.25) is 0 Å². The van der Waals surface area contributed by atoms with Crippen LogP contribution in [0.1, 0.15) is 17.4 Å². The highest BCUT2D eigenvalue weighted by Gasteiger charge is 2.51. The molecule has 4 aromatic rings. The Hall–Kier alpha value is -4.82. The number of aromatic nitrogens is 4. The SMILES string of the molecule is C[C@]1(C(O)C(=O)Nc2ccc3c(N)noc3c2)OCCN(c2ccn(-c3ccnc(C(=O)O)c3)n2)C1=O. The highest BCUT2D eigenvalue weighted by atomic mass is 16.5. The van der Waals surface area contributed by atoms with E-state index in [4.69, 9.17) is 20.1 Å². The maximum Gasteiger partial charge on any atom is 0.354 e. The van der Waals surface area contributed by atoms with Crippen LogP contribution in [-0.2, 0) is 14.3 Å². The Balaban J connectivity index is 1.34. The van der Waals surface area contributed by atoms with Crippen molar-refractivity contribution in [3.05, 3.63) is 54.5 Å². The molecule has 1 aliphatic heterocycles. The van der Waals surface area contributed by atoms with E-state index in [1.54, 1.807) is 30.5 Å². The number of aliphatic hydroxyl groups excluding tert-OH is 1. The van der Waals surface area contributed by atoms with E-state index in [9.17, 15) is 19.5 Å². The van der Waals surface area contributed by atoms with Crippen molar-refractivity contribution in [3.8, 4) is 5.69 Å². The zero-order valence-corrected chi connectivity index (χ0v) is 19.4. The number of carboxylic acid groups (broad SMARTS) is 1. The molecule has 0 aliphatic carbocycles. The summed E-state index contributed by atoms with van der Waals surface area (Å²) >= 11 is 0. The minimum atomic E-state index is -1.90. The molecule has 4 heterocycles. The van der Waals surface area contributed by atoms with Gasteiger partial charge in [-0.1, -0.05) is 5.16 Å². The van der Waals surface area contributed by atoms with Gasteiger partial charge in [-0.15, -0.1) is 5.10 Å². The Bertz CT molecular complexity index is 1530. The molecule has 14 nitrogen and oxygen atoms in total. The largest absolute Gasteiger partial charge is 0.477 e. The lowest BCUT2D eigenvalue weighted by atomic mass is 9.94. The molecular weight excluding hydrogens is 486 g/mol. The Morgan fingerprint density at radius 3 is 2.84 bits per heavy atom. The van der Waals surface area contributed by atoms with Gasteiger partial charge < -0.3 is 30.5 Å². The first-order valence-corrected chi connectivity index (χ1v) is 11.0. The fraction of sp³-hybridized carbons (Fsp3) is 0.217. The van der Waals surface area contributed by atoms with Gasteiger partial charge in [-0.05, 0) is 31.2 Å². The first-order valence-electron chi connectivity index (χ1n) is 11.0. The second kappa shape index (κ2) is 9.00. The Labute approximate surface area is 208 Å². The summed E-state index contributed by atoms with van der Waals surface area (Å²) in [7, 11) is 0. The van der Waals surface area contributed by atoms with Crippen LogP contribution >= 0.6 is 0 Å². The number of carbonyl (C=O) groups excluding carboxylic acids is 2. The highest BCUT2D eigenvalue weighted by molar-refractivity contribution is 6.06. The number of aromatic carboxylic acids is 1. The smallest absolute Gasteiger partial charge is 0.354 e. The molecule has 3 aromatic heterocycles. The van der Waals surface area contributed by atoms with Gasteiger partial charge in [-0.2, -0.15) is 0 Å². The molecular formula is C23H21N7O7. The van der Waals surface area contributed by atoms with Gasteiger partial charge >= 0.3 is 5.97 Å². The van der Waals surface area contributed by atoms with Gasteiger partial charge in [0.2, 0.25) is 0 Å². The Kier molecular flexibility index (Phi) is 5.81. The van der Waals surface area contributed by atoms with Gasteiger partial charge in [0.15, 0.2) is 28.9 Å². The number of carboxylic acids is 1. The van der Waals surface area contributed by atoms with Crippen molar-refractivity contribution >= 4 is 46.1 Å². The van der Waals surface area contributed by atoms with Gasteiger partial charge in [-0.3, -0.25) is 14.5 Å². The van der Waals surface area contributed by atoms with Crippen LogP contribution in [0.25, 0.3) is 16.7 Å². The fourth-order valence-electron chi connectivity index (χ4n) is 3.97. The van der Waals surface area contributed by atoms with Gasteiger partial charge in [0.1, 0.15) is 5.69 Å². The average molecular weight is 507 g/mol. The molecule has 0 bridgehead atoms. The zero-order chi connectivity index (χ0) is 26.3. The number of nitrogens with two attached hydrogens (primary N) is 1. The number of hydrogen-bond acceptors (Lipinski definition) is 10. The lowest BCUT2D eigenvalue weighted by molar-refractivity contribution is -0.170. The number of nitrogens with one attached hydrogen (secondary N) is 1. The van der Waals surface area contributed by atoms with Crippen molar-refractivity contribution < 1.29 is 33.9 Å². The van der Waals surface area contributed by atoms with Gasteiger partial charge in [-0.25, -0.2) is 14.5 Å². The number of fused-ring (bicyclic) bond motifs is 1. The Morgan fingerprint density at radius 1 is 1.24 bits per heavy atom. The molecule has 0 saturated carbocycles. The van der Waals surface area contributed by atoms with Crippen LogP contribution in [0.4, 0.5) is 17.3 Å². The van der Waals surface area contributed by atoms with Gasteiger partial charge in [0, 0.05) is 30.2 Å². The van der Waals surface area contributed by atoms with Gasteiger partial charge in [0.25, 0.3) is 11.8 Å². The minimum absolute atomic E-state index is 0.0289. The monoisotopic (exact) mass is 507 g/mol.